The van der Waals surface area contributed by atoms with Crippen molar-refractivity contribution < 1.29 is 14.3 Å². The highest BCUT2D eigenvalue weighted by Crippen LogP contribution is 2.36. The molecule has 0 saturated carbocycles. The predicted molar refractivity (Wildman–Crippen MR) is 133 cm³/mol. The molecule has 0 saturated heterocycles. The molecule has 0 aliphatic heterocycles. The van der Waals surface area contributed by atoms with E-state index >= 15 is 0 Å². The molecule has 0 unspecified atom stereocenters. The van der Waals surface area contributed by atoms with Crippen LogP contribution in [0.3, 0.4) is 0 Å². The molecule has 0 bridgehead atoms. The Morgan fingerprint density at radius 3 is 2.58 bits per heavy atom. The minimum atomic E-state index is -0.516. The average molecular weight is 445 g/mol. The van der Waals surface area contributed by atoms with E-state index < -0.39 is 5.91 Å². The number of carbonyl (C=O) groups excluding carboxylic acids is 2. The van der Waals surface area contributed by atoms with Crippen molar-refractivity contribution >= 4 is 39.3 Å². The van der Waals surface area contributed by atoms with Crippen LogP contribution in [0.1, 0.15) is 23.2 Å². The second-order valence-electron chi connectivity index (χ2n) is 8.35. The van der Waals surface area contributed by atoms with Gasteiger partial charge in [-0.3, -0.25) is 9.59 Å². The summed E-state index contributed by atoms with van der Waals surface area (Å²) in [6, 6.07) is 17.2. The van der Waals surface area contributed by atoms with Crippen molar-refractivity contribution in [1.29, 1.82) is 0 Å². The lowest BCUT2D eigenvalue weighted by Crippen LogP contribution is -2.17. The molecule has 33 heavy (non-hydrogen) atoms. The van der Waals surface area contributed by atoms with Crippen LogP contribution in [-0.2, 0) is 4.79 Å². The first-order valence-corrected chi connectivity index (χ1v) is 10.8. The van der Waals surface area contributed by atoms with Gasteiger partial charge in [-0.1, -0.05) is 24.3 Å². The normalized spacial score (nSPS) is 11.3. The van der Waals surface area contributed by atoms with Gasteiger partial charge in [-0.2, -0.15) is 0 Å². The monoisotopic (exact) mass is 444 g/mol. The quantitative estimate of drug-likeness (QED) is 0.376. The molecule has 2 amide bonds. The Morgan fingerprint density at radius 1 is 1.06 bits per heavy atom. The number of methoxy groups -OCH3 is 1. The molecule has 0 radical (unpaired) electrons. The van der Waals surface area contributed by atoms with Crippen molar-refractivity contribution in [3.05, 3.63) is 60.2 Å². The molecule has 1 aromatic heterocycles. The molecule has 0 fully saturated rings. The SMILES string of the molecule is COc1ccccc1-c1cc(C(N)=O)c2[nH]c3cc(NC(=O)CCCN(C)C)ccc3c2c1. The number of nitrogens with zero attached hydrogens (tertiary/aromatic N) is 1. The smallest absolute Gasteiger partial charge is 0.250 e. The zero-order valence-electron chi connectivity index (χ0n) is 19.1. The third-order valence-electron chi connectivity index (χ3n) is 5.68. The summed E-state index contributed by atoms with van der Waals surface area (Å²) >= 11 is 0. The number of carbonyl (C=O) groups is 2. The molecule has 170 valence electrons. The van der Waals surface area contributed by atoms with Crippen molar-refractivity contribution in [2.75, 3.05) is 33.1 Å². The molecule has 4 rings (SSSR count). The number of hydrogen-bond acceptors (Lipinski definition) is 4. The lowest BCUT2D eigenvalue weighted by Gasteiger charge is -2.10. The highest BCUT2D eigenvalue weighted by Gasteiger charge is 2.17. The number of para-hydroxylation sites is 1. The maximum Gasteiger partial charge on any atom is 0.250 e. The number of aromatic amines is 1. The summed E-state index contributed by atoms with van der Waals surface area (Å²) in [6.07, 6.45) is 1.25. The van der Waals surface area contributed by atoms with E-state index in [1.807, 2.05) is 62.6 Å². The van der Waals surface area contributed by atoms with Gasteiger partial charge in [0, 0.05) is 34.0 Å². The van der Waals surface area contributed by atoms with Crippen LogP contribution in [-0.4, -0.2) is 49.4 Å². The van der Waals surface area contributed by atoms with Crippen LogP contribution in [0.5, 0.6) is 5.75 Å². The molecule has 4 N–H and O–H groups in total. The van der Waals surface area contributed by atoms with Crippen LogP contribution in [0.4, 0.5) is 5.69 Å². The fourth-order valence-electron chi connectivity index (χ4n) is 4.10. The largest absolute Gasteiger partial charge is 0.496 e. The number of rotatable bonds is 8. The Kier molecular flexibility index (Phi) is 6.33. The zero-order chi connectivity index (χ0) is 23.5. The highest BCUT2D eigenvalue weighted by molar-refractivity contribution is 6.16. The molecule has 4 aromatic rings. The van der Waals surface area contributed by atoms with Crippen molar-refractivity contribution in [3.8, 4) is 16.9 Å². The minimum Gasteiger partial charge on any atom is -0.496 e. The Hall–Kier alpha value is -3.84. The Morgan fingerprint density at radius 2 is 1.85 bits per heavy atom. The van der Waals surface area contributed by atoms with Gasteiger partial charge < -0.3 is 25.7 Å². The number of nitrogens with two attached hydrogens (primary N) is 1. The maximum atomic E-state index is 12.3. The predicted octanol–water partition coefficient (Wildman–Crippen LogP) is 4.38. The van der Waals surface area contributed by atoms with Crippen LogP contribution in [0.25, 0.3) is 32.9 Å². The number of anilines is 1. The van der Waals surface area contributed by atoms with Gasteiger partial charge in [0.2, 0.25) is 5.91 Å². The van der Waals surface area contributed by atoms with Gasteiger partial charge in [-0.05, 0) is 63.0 Å². The number of primary amides is 1. The Labute approximate surface area is 192 Å². The molecule has 0 atom stereocenters. The Balaban J connectivity index is 1.74. The molecule has 3 aromatic carbocycles. The highest BCUT2D eigenvalue weighted by atomic mass is 16.5. The number of nitrogens with one attached hydrogen (secondary N) is 2. The first kappa shape index (κ1) is 22.4. The number of fused-ring (bicyclic) bond motifs is 3. The van der Waals surface area contributed by atoms with Gasteiger partial charge in [0.1, 0.15) is 5.75 Å². The molecular formula is C26H28N4O3. The fourth-order valence-corrected chi connectivity index (χ4v) is 4.10. The third-order valence-corrected chi connectivity index (χ3v) is 5.68. The minimum absolute atomic E-state index is 0.0244. The van der Waals surface area contributed by atoms with Gasteiger partial charge >= 0.3 is 0 Å². The molecule has 0 aliphatic rings. The first-order valence-electron chi connectivity index (χ1n) is 10.8. The van der Waals surface area contributed by atoms with Gasteiger partial charge in [-0.25, -0.2) is 0 Å². The van der Waals surface area contributed by atoms with Crippen molar-refractivity contribution in [2.24, 2.45) is 5.73 Å². The summed E-state index contributed by atoms with van der Waals surface area (Å²) in [7, 11) is 5.59. The van der Waals surface area contributed by atoms with E-state index in [0.29, 0.717) is 28.9 Å². The van der Waals surface area contributed by atoms with Crippen molar-refractivity contribution in [1.82, 2.24) is 9.88 Å². The van der Waals surface area contributed by atoms with Crippen LogP contribution in [0.15, 0.2) is 54.6 Å². The fraction of sp³-hybridized carbons (Fsp3) is 0.231. The summed E-state index contributed by atoms with van der Waals surface area (Å²) in [6.45, 7) is 0.860. The van der Waals surface area contributed by atoms with E-state index in [2.05, 4.69) is 15.2 Å². The number of aromatic nitrogens is 1. The summed E-state index contributed by atoms with van der Waals surface area (Å²) in [4.78, 5) is 30.0. The van der Waals surface area contributed by atoms with Crippen LogP contribution < -0.4 is 15.8 Å². The first-order chi connectivity index (χ1) is 15.9. The van der Waals surface area contributed by atoms with Crippen LogP contribution in [0.2, 0.25) is 0 Å². The summed E-state index contributed by atoms with van der Waals surface area (Å²) in [5, 5.41) is 4.78. The second-order valence-corrected chi connectivity index (χ2v) is 8.35. The standard InChI is InChI=1S/C26H28N4O3/c1-30(2)12-6-9-24(31)28-17-10-11-19-20-13-16(18-7-4-5-8-23(18)33-3)14-21(26(27)32)25(20)29-22(19)15-17/h4-5,7-8,10-11,13-15,29H,6,9,12H2,1-3H3,(H2,27,32)(H,28,31). The molecule has 0 aliphatic carbocycles. The number of ether oxygens (including phenoxy) is 1. The zero-order valence-corrected chi connectivity index (χ0v) is 19.1. The molecular weight excluding hydrogens is 416 g/mol. The van der Waals surface area contributed by atoms with Crippen LogP contribution >= 0.6 is 0 Å². The van der Waals surface area contributed by atoms with Crippen LogP contribution in [0, 0.1) is 0 Å². The number of benzene rings is 3. The summed E-state index contributed by atoms with van der Waals surface area (Å²) < 4.78 is 5.51. The van der Waals surface area contributed by atoms with E-state index in [1.165, 1.54) is 0 Å². The van der Waals surface area contributed by atoms with E-state index in [1.54, 1.807) is 13.2 Å². The average Bonchev–Trinajstić information content (AvgIpc) is 3.15. The Bertz CT molecular complexity index is 1340. The number of amides is 2. The maximum absolute atomic E-state index is 12.3. The lowest BCUT2D eigenvalue weighted by atomic mass is 9.98. The van der Waals surface area contributed by atoms with Gasteiger partial charge in [-0.15, -0.1) is 0 Å². The van der Waals surface area contributed by atoms with Gasteiger partial charge in [0.25, 0.3) is 5.91 Å². The van der Waals surface area contributed by atoms with E-state index in [4.69, 9.17) is 10.5 Å². The van der Waals surface area contributed by atoms with Gasteiger partial charge in [0.05, 0.1) is 18.2 Å². The molecule has 0 spiro atoms. The van der Waals surface area contributed by atoms with E-state index in [9.17, 15) is 9.59 Å². The third kappa shape index (κ3) is 4.68. The lowest BCUT2D eigenvalue weighted by molar-refractivity contribution is -0.116. The number of hydrogen-bond donors (Lipinski definition) is 3. The second kappa shape index (κ2) is 9.34. The number of H-pyrrole nitrogens is 1. The molecule has 7 nitrogen and oxygen atoms in total. The molecule has 1 heterocycles. The van der Waals surface area contributed by atoms with Gasteiger partial charge in [0.15, 0.2) is 0 Å². The van der Waals surface area contributed by atoms with Crippen molar-refractivity contribution in [2.45, 2.75) is 12.8 Å². The van der Waals surface area contributed by atoms with E-state index in [-0.39, 0.29) is 5.91 Å². The summed E-state index contributed by atoms with van der Waals surface area (Å²) in [5.74, 6) is 0.174. The molecule has 7 heteroatoms. The summed E-state index contributed by atoms with van der Waals surface area (Å²) in [5.41, 5.74) is 10.0. The topological polar surface area (TPSA) is 100 Å². The van der Waals surface area contributed by atoms with E-state index in [0.717, 1.165) is 40.4 Å². The van der Waals surface area contributed by atoms with Crippen molar-refractivity contribution in [3.63, 3.8) is 0 Å².